The van der Waals surface area contributed by atoms with E-state index in [4.69, 9.17) is 4.98 Å². The molecule has 1 unspecified atom stereocenters. The van der Waals surface area contributed by atoms with Crippen LogP contribution in [0.4, 0.5) is 0 Å². The number of halogens is 1. The van der Waals surface area contributed by atoms with E-state index in [2.05, 4.69) is 38.1 Å². The van der Waals surface area contributed by atoms with Gasteiger partial charge >= 0.3 is 0 Å². The maximum Gasteiger partial charge on any atom is 0.0948 e. The van der Waals surface area contributed by atoms with Gasteiger partial charge in [0.25, 0.3) is 0 Å². The lowest BCUT2D eigenvalue weighted by Crippen LogP contribution is -2.23. The summed E-state index contributed by atoms with van der Waals surface area (Å²) < 4.78 is 1.14. The Balaban J connectivity index is 1.73. The van der Waals surface area contributed by atoms with E-state index in [0.29, 0.717) is 6.04 Å². The Morgan fingerprint density at radius 3 is 3.06 bits per heavy atom. The van der Waals surface area contributed by atoms with Crippen LogP contribution in [0, 0.1) is 0 Å². The highest BCUT2D eigenvalue weighted by Crippen LogP contribution is 2.31. The molecule has 1 atom stereocenters. The number of nitrogens with zero attached hydrogens (tertiary/aromatic N) is 1. The second-order valence-corrected chi connectivity index (χ2v) is 7.02. The van der Waals surface area contributed by atoms with Gasteiger partial charge in [0, 0.05) is 27.7 Å². The zero-order chi connectivity index (χ0) is 11.7. The predicted octanol–water partition coefficient (Wildman–Crippen LogP) is 3.93. The van der Waals surface area contributed by atoms with Crippen LogP contribution < -0.4 is 5.32 Å². The molecule has 1 N–H and O–H groups in total. The van der Waals surface area contributed by atoms with Gasteiger partial charge in [-0.2, -0.15) is 0 Å². The maximum absolute atomic E-state index is 4.73. The zero-order valence-electron chi connectivity index (χ0n) is 9.28. The van der Waals surface area contributed by atoms with Gasteiger partial charge in [-0.15, -0.1) is 22.7 Å². The molecule has 0 aliphatic carbocycles. The molecule has 3 rings (SSSR count). The van der Waals surface area contributed by atoms with E-state index in [1.807, 2.05) is 0 Å². The third-order valence-electron chi connectivity index (χ3n) is 2.96. The number of nitrogens with one attached hydrogen (secondary N) is 1. The van der Waals surface area contributed by atoms with Crippen molar-refractivity contribution >= 4 is 38.6 Å². The summed E-state index contributed by atoms with van der Waals surface area (Å²) in [6.45, 7) is 1.17. The van der Waals surface area contributed by atoms with Crippen LogP contribution in [0.15, 0.2) is 21.3 Å². The Morgan fingerprint density at radius 1 is 1.41 bits per heavy atom. The van der Waals surface area contributed by atoms with E-state index < -0.39 is 0 Å². The summed E-state index contributed by atoms with van der Waals surface area (Å²) in [7, 11) is 0. The van der Waals surface area contributed by atoms with Gasteiger partial charge in [-0.3, -0.25) is 0 Å². The van der Waals surface area contributed by atoms with Crippen molar-refractivity contribution in [2.24, 2.45) is 0 Å². The fourth-order valence-electron chi connectivity index (χ4n) is 2.11. The molecule has 0 spiro atoms. The Hall–Kier alpha value is -0.230. The number of aromatic nitrogens is 1. The van der Waals surface area contributed by atoms with Crippen molar-refractivity contribution in [3.05, 3.63) is 26.3 Å². The summed E-state index contributed by atoms with van der Waals surface area (Å²) in [5.41, 5.74) is 1.12. The molecule has 0 amide bonds. The Kier molecular flexibility index (Phi) is 3.61. The van der Waals surface area contributed by atoms with Gasteiger partial charge in [0.1, 0.15) is 0 Å². The summed E-state index contributed by atoms with van der Waals surface area (Å²) >= 11 is 7.00. The molecule has 0 aromatic carbocycles. The van der Waals surface area contributed by atoms with Gasteiger partial charge < -0.3 is 5.32 Å². The van der Waals surface area contributed by atoms with Crippen LogP contribution in [0.2, 0.25) is 0 Å². The van der Waals surface area contributed by atoms with Crippen molar-refractivity contribution in [3.8, 4) is 10.6 Å². The summed E-state index contributed by atoms with van der Waals surface area (Å²) in [6, 6.07) is 2.78. The third-order valence-corrected chi connectivity index (χ3v) is 5.54. The Labute approximate surface area is 117 Å². The first kappa shape index (κ1) is 11.8. The number of hydrogen-bond donors (Lipinski definition) is 1. The number of thiazole rings is 1. The van der Waals surface area contributed by atoms with E-state index in [-0.39, 0.29) is 0 Å². The lowest BCUT2D eigenvalue weighted by Gasteiger charge is -2.06. The van der Waals surface area contributed by atoms with Crippen molar-refractivity contribution in [2.75, 3.05) is 6.54 Å². The van der Waals surface area contributed by atoms with Crippen molar-refractivity contribution in [2.45, 2.75) is 25.3 Å². The lowest BCUT2D eigenvalue weighted by molar-refractivity contribution is 0.601. The minimum Gasteiger partial charge on any atom is -0.314 e. The highest BCUT2D eigenvalue weighted by Gasteiger charge is 2.16. The van der Waals surface area contributed by atoms with E-state index in [1.54, 1.807) is 22.7 Å². The fraction of sp³-hybridized carbons (Fsp3) is 0.417. The predicted molar refractivity (Wildman–Crippen MR) is 77.9 cm³/mol. The first-order valence-corrected chi connectivity index (χ1v) is 8.29. The summed E-state index contributed by atoms with van der Waals surface area (Å²) in [5.74, 6) is 0. The molecule has 0 radical (unpaired) electrons. The highest BCUT2D eigenvalue weighted by atomic mass is 79.9. The molecular formula is C12H13BrN2S2. The maximum atomic E-state index is 4.73. The summed E-state index contributed by atoms with van der Waals surface area (Å²) in [6.07, 6.45) is 3.68. The van der Waals surface area contributed by atoms with Crippen molar-refractivity contribution in [1.29, 1.82) is 0 Å². The molecule has 90 valence electrons. The van der Waals surface area contributed by atoms with Gasteiger partial charge in [0.05, 0.1) is 15.6 Å². The minimum absolute atomic E-state index is 0.643. The molecule has 0 bridgehead atoms. The summed E-state index contributed by atoms with van der Waals surface area (Å²) in [4.78, 5) is 5.97. The normalized spacial score (nSPS) is 19.9. The molecule has 1 saturated heterocycles. The van der Waals surface area contributed by atoms with Crippen molar-refractivity contribution in [1.82, 2.24) is 10.3 Å². The summed E-state index contributed by atoms with van der Waals surface area (Å²) in [5, 5.41) is 9.05. The van der Waals surface area contributed by atoms with Gasteiger partial charge in [0.2, 0.25) is 0 Å². The number of thiophene rings is 1. The molecule has 1 aliphatic rings. The number of rotatable bonds is 3. The molecule has 1 fully saturated rings. The number of hydrogen-bond acceptors (Lipinski definition) is 4. The highest BCUT2D eigenvalue weighted by molar-refractivity contribution is 9.10. The van der Waals surface area contributed by atoms with E-state index in [1.165, 1.54) is 29.3 Å². The van der Waals surface area contributed by atoms with Gasteiger partial charge in [-0.25, -0.2) is 4.98 Å². The molecule has 0 saturated carbocycles. The fourth-order valence-corrected chi connectivity index (χ4v) is 4.45. The quantitative estimate of drug-likeness (QED) is 0.923. The molecule has 5 heteroatoms. The second-order valence-electron chi connectivity index (χ2n) is 4.25. The minimum atomic E-state index is 0.643. The van der Waals surface area contributed by atoms with Crippen LogP contribution in [0.5, 0.6) is 0 Å². The van der Waals surface area contributed by atoms with Crippen LogP contribution in [0.1, 0.15) is 17.8 Å². The smallest absolute Gasteiger partial charge is 0.0948 e. The molecule has 2 aromatic rings. The average Bonchev–Trinajstić information content (AvgIpc) is 2.99. The van der Waals surface area contributed by atoms with Crippen LogP contribution in [0.3, 0.4) is 0 Å². The van der Waals surface area contributed by atoms with E-state index >= 15 is 0 Å². The van der Waals surface area contributed by atoms with Crippen LogP contribution >= 0.6 is 38.6 Å². The average molecular weight is 329 g/mol. The molecule has 2 nitrogen and oxygen atoms in total. The Bertz CT molecular complexity index is 500. The first-order chi connectivity index (χ1) is 8.31. The van der Waals surface area contributed by atoms with Gasteiger partial charge in [0.15, 0.2) is 0 Å². The monoisotopic (exact) mass is 328 g/mol. The lowest BCUT2D eigenvalue weighted by atomic mass is 10.2. The molecular weight excluding hydrogens is 316 g/mol. The molecule has 2 aromatic heterocycles. The zero-order valence-corrected chi connectivity index (χ0v) is 12.5. The third kappa shape index (κ3) is 2.78. The molecule has 3 heterocycles. The van der Waals surface area contributed by atoms with Crippen LogP contribution in [-0.2, 0) is 6.42 Å². The first-order valence-electron chi connectivity index (χ1n) is 5.73. The van der Waals surface area contributed by atoms with Gasteiger partial charge in [-0.1, -0.05) is 0 Å². The van der Waals surface area contributed by atoms with Crippen LogP contribution in [-0.4, -0.2) is 17.6 Å². The topological polar surface area (TPSA) is 24.9 Å². The SMILES string of the molecule is Brc1csc(-c2csc(CC3CCCN3)n2)c1. The van der Waals surface area contributed by atoms with Crippen LogP contribution in [0.25, 0.3) is 10.6 Å². The van der Waals surface area contributed by atoms with E-state index in [0.717, 1.165) is 16.6 Å². The van der Waals surface area contributed by atoms with E-state index in [9.17, 15) is 0 Å². The Morgan fingerprint density at radius 2 is 2.35 bits per heavy atom. The van der Waals surface area contributed by atoms with Gasteiger partial charge in [-0.05, 0) is 41.4 Å². The van der Waals surface area contributed by atoms with Crippen molar-refractivity contribution < 1.29 is 0 Å². The molecule has 1 aliphatic heterocycles. The largest absolute Gasteiger partial charge is 0.314 e. The van der Waals surface area contributed by atoms with Crippen molar-refractivity contribution in [3.63, 3.8) is 0 Å². The molecule has 17 heavy (non-hydrogen) atoms. The standard InChI is InChI=1S/C12H13BrN2S2/c13-8-4-11(16-6-8)10-7-17-12(15-10)5-9-2-1-3-14-9/h4,6-7,9,14H,1-3,5H2. The second kappa shape index (κ2) is 5.18.